The number of anilines is 1. The standard InChI is InChI=1S/C23H19NS/c1-17-18(2)25-16-24(17)23-21(19-10-5-3-6-11-19)14-9-15-22(23)20-12-7-4-8-13-20/h3-15H,1-2H3. The number of thioether (sulfide) groups is 1. The molecule has 0 N–H and O–H groups in total. The lowest BCUT2D eigenvalue weighted by Gasteiger charge is -2.25. The van der Waals surface area contributed by atoms with E-state index in [2.05, 4.69) is 103 Å². The molecule has 122 valence electrons. The number of rotatable bonds is 3. The third-order valence-corrected chi connectivity index (χ3v) is 5.44. The molecule has 0 unspecified atom stereocenters. The van der Waals surface area contributed by atoms with Crippen LogP contribution in [0.1, 0.15) is 13.8 Å². The molecule has 1 aliphatic rings. The first-order valence-corrected chi connectivity index (χ1v) is 9.21. The van der Waals surface area contributed by atoms with Gasteiger partial charge in [-0.15, -0.1) is 0 Å². The Hall–Kier alpha value is -2.45. The average Bonchev–Trinajstić information content (AvgIpc) is 3.01. The molecule has 0 saturated carbocycles. The van der Waals surface area contributed by atoms with Crippen molar-refractivity contribution in [1.82, 2.24) is 0 Å². The number of para-hydroxylation sites is 1. The van der Waals surface area contributed by atoms with Crippen LogP contribution in [-0.2, 0) is 0 Å². The topological polar surface area (TPSA) is 3.24 Å². The predicted octanol–water partition coefficient (Wildman–Crippen LogP) is 6.82. The van der Waals surface area contributed by atoms with Crippen molar-refractivity contribution in [1.29, 1.82) is 0 Å². The Morgan fingerprint density at radius 2 is 1.20 bits per heavy atom. The van der Waals surface area contributed by atoms with Crippen molar-refractivity contribution >= 4 is 17.4 Å². The number of hydrogen-bond acceptors (Lipinski definition) is 2. The summed E-state index contributed by atoms with van der Waals surface area (Å²) in [5.41, 5.74) is 7.33. The van der Waals surface area contributed by atoms with E-state index in [0.717, 1.165) is 0 Å². The van der Waals surface area contributed by atoms with Crippen molar-refractivity contribution in [3.63, 3.8) is 0 Å². The summed E-state index contributed by atoms with van der Waals surface area (Å²) in [6.45, 7) is 4.32. The van der Waals surface area contributed by atoms with Gasteiger partial charge in [0.1, 0.15) is 0 Å². The lowest BCUT2D eigenvalue weighted by Crippen LogP contribution is -2.14. The molecule has 0 spiro atoms. The summed E-state index contributed by atoms with van der Waals surface area (Å²) in [5.74, 6) is 3.47. The Labute approximate surface area is 154 Å². The maximum Gasteiger partial charge on any atom is 0.169 e. The molecule has 0 atom stereocenters. The fourth-order valence-corrected chi connectivity index (χ4v) is 3.81. The van der Waals surface area contributed by atoms with Gasteiger partial charge in [-0.2, -0.15) is 0 Å². The molecule has 2 heteroatoms. The zero-order chi connectivity index (χ0) is 17.2. The van der Waals surface area contributed by atoms with Gasteiger partial charge in [0.25, 0.3) is 0 Å². The first-order chi connectivity index (χ1) is 12.3. The molecule has 2 radical (unpaired) electrons. The van der Waals surface area contributed by atoms with Gasteiger partial charge in [-0.05, 0) is 25.0 Å². The van der Waals surface area contributed by atoms with E-state index in [1.165, 1.54) is 38.5 Å². The van der Waals surface area contributed by atoms with Gasteiger partial charge in [0.15, 0.2) is 5.88 Å². The highest BCUT2D eigenvalue weighted by molar-refractivity contribution is 8.05. The van der Waals surface area contributed by atoms with Gasteiger partial charge < -0.3 is 4.90 Å². The lowest BCUT2D eigenvalue weighted by atomic mass is 9.95. The fourth-order valence-electron chi connectivity index (χ4n) is 3.11. The van der Waals surface area contributed by atoms with Crippen LogP contribution in [0.15, 0.2) is 89.5 Å². The van der Waals surface area contributed by atoms with Crippen molar-refractivity contribution in [2.75, 3.05) is 4.90 Å². The summed E-state index contributed by atoms with van der Waals surface area (Å²) in [4.78, 5) is 3.51. The normalized spacial score (nSPS) is 14.2. The third kappa shape index (κ3) is 2.98. The van der Waals surface area contributed by atoms with Crippen LogP contribution in [0.25, 0.3) is 22.3 Å². The highest BCUT2D eigenvalue weighted by Crippen LogP contribution is 2.46. The molecule has 3 aromatic carbocycles. The second-order valence-electron chi connectivity index (χ2n) is 6.10. The smallest absolute Gasteiger partial charge is 0.169 e. The molecule has 0 saturated heterocycles. The minimum absolute atomic E-state index is 1.20. The Bertz CT molecular complexity index is 856. The Morgan fingerprint density at radius 3 is 1.64 bits per heavy atom. The molecule has 3 aromatic rings. The maximum absolute atomic E-state index is 3.47. The third-order valence-electron chi connectivity index (χ3n) is 4.56. The van der Waals surface area contributed by atoms with E-state index in [9.17, 15) is 0 Å². The van der Waals surface area contributed by atoms with Crippen molar-refractivity contribution in [2.24, 2.45) is 0 Å². The summed E-state index contributed by atoms with van der Waals surface area (Å²) in [5, 5.41) is 0. The van der Waals surface area contributed by atoms with Crippen LogP contribution in [0.2, 0.25) is 0 Å². The average molecular weight is 341 g/mol. The molecule has 4 rings (SSSR count). The van der Waals surface area contributed by atoms with Crippen LogP contribution >= 0.6 is 11.8 Å². The summed E-state index contributed by atoms with van der Waals surface area (Å²) >= 11 is 1.67. The first kappa shape index (κ1) is 16.0. The molecule has 0 amide bonds. The van der Waals surface area contributed by atoms with Gasteiger partial charge in [-0.1, -0.05) is 90.6 Å². The molecular formula is C23H19NS. The molecule has 0 aromatic heterocycles. The number of hydrogen-bond donors (Lipinski definition) is 0. The molecule has 1 aliphatic heterocycles. The number of benzene rings is 3. The van der Waals surface area contributed by atoms with Crippen LogP contribution in [-0.4, -0.2) is 0 Å². The van der Waals surface area contributed by atoms with E-state index in [4.69, 9.17) is 0 Å². The maximum atomic E-state index is 3.47. The molecular weight excluding hydrogens is 322 g/mol. The van der Waals surface area contributed by atoms with Crippen molar-refractivity contribution < 1.29 is 0 Å². The van der Waals surface area contributed by atoms with Gasteiger partial charge in [0.2, 0.25) is 0 Å². The van der Waals surface area contributed by atoms with E-state index in [-0.39, 0.29) is 0 Å². The second-order valence-corrected chi connectivity index (χ2v) is 7.10. The van der Waals surface area contributed by atoms with Gasteiger partial charge in [-0.3, -0.25) is 0 Å². The van der Waals surface area contributed by atoms with Gasteiger partial charge in [-0.25, -0.2) is 0 Å². The summed E-state index contributed by atoms with van der Waals surface area (Å²) in [6.07, 6.45) is 0. The first-order valence-electron chi connectivity index (χ1n) is 8.39. The highest BCUT2D eigenvalue weighted by atomic mass is 32.2. The van der Waals surface area contributed by atoms with Crippen LogP contribution in [0.5, 0.6) is 0 Å². The van der Waals surface area contributed by atoms with E-state index in [1.54, 1.807) is 11.8 Å². The molecule has 1 nitrogen and oxygen atoms in total. The Kier molecular flexibility index (Phi) is 4.37. The second kappa shape index (κ2) is 6.81. The number of nitrogens with zero attached hydrogens (tertiary/aromatic N) is 1. The van der Waals surface area contributed by atoms with E-state index in [0.29, 0.717) is 0 Å². The van der Waals surface area contributed by atoms with E-state index in [1.807, 2.05) is 0 Å². The predicted molar refractivity (Wildman–Crippen MR) is 109 cm³/mol. The van der Waals surface area contributed by atoms with Gasteiger partial charge >= 0.3 is 0 Å². The lowest BCUT2D eigenvalue weighted by molar-refractivity contribution is 1.14. The minimum atomic E-state index is 1.20. The zero-order valence-electron chi connectivity index (χ0n) is 14.4. The highest BCUT2D eigenvalue weighted by Gasteiger charge is 2.25. The van der Waals surface area contributed by atoms with Crippen LogP contribution in [0, 0.1) is 5.88 Å². The van der Waals surface area contributed by atoms with Gasteiger partial charge in [0, 0.05) is 21.7 Å². The SMILES string of the molecule is CC1=C(C)N(c2c(-c3ccccc3)cccc2-c2ccccc2)[C]S1. The van der Waals surface area contributed by atoms with E-state index < -0.39 is 0 Å². The molecule has 0 fully saturated rings. The summed E-state index contributed by atoms with van der Waals surface area (Å²) in [7, 11) is 0. The van der Waals surface area contributed by atoms with Crippen LogP contribution in [0.4, 0.5) is 5.69 Å². The Balaban J connectivity index is 1.97. The van der Waals surface area contributed by atoms with Gasteiger partial charge in [0.05, 0.1) is 5.69 Å². The molecule has 0 bridgehead atoms. The van der Waals surface area contributed by atoms with Crippen molar-refractivity contribution in [2.45, 2.75) is 13.8 Å². The quantitative estimate of drug-likeness (QED) is 0.514. The van der Waals surface area contributed by atoms with Crippen LogP contribution in [0.3, 0.4) is 0 Å². The van der Waals surface area contributed by atoms with Crippen molar-refractivity contribution in [3.8, 4) is 22.3 Å². The van der Waals surface area contributed by atoms with Crippen molar-refractivity contribution in [3.05, 3.63) is 95.3 Å². The zero-order valence-corrected chi connectivity index (χ0v) is 15.2. The molecule has 25 heavy (non-hydrogen) atoms. The van der Waals surface area contributed by atoms with E-state index >= 15 is 0 Å². The van der Waals surface area contributed by atoms with Crippen LogP contribution < -0.4 is 4.90 Å². The molecule has 0 aliphatic carbocycles. The molecule has 1 heterocycles. The summed E-state index contributed by atoms with van der Waals surface area (Å²) < 4.78 is 0. The summed E-state index contributed by atoms with van der Waals surface area (Å²) in [6, 6.07) is 27.7. The monoisotopic (exact) mass is 341 g/mol. The minimum Gasteiger partial charge on any atom is -0.322 e. The largest absolute Gasteiger partial charge is 0.322 e. The fraction of sp³-hybridized carbons (Fsp3) is 0.0870. The number of allylic oxidation sites excluding steroid dienone is 2. The Morgan fingerprint density at radius 1 is 0.680 bits per heavy atom.